The molecule has 0 aromatic heterocycles. The molecule has 2 aromatic rings. The van der Waals surface area contributed by atoms with Gasteiger partial charge in [-0.05, 0) is 49.6 Å². The Kier molecular flexibility index (Phi) is 6.31. The first kappa shape index (κ1) is 21.8. The van der Waals surface area contributed by atoms with Crippen molar-refractivity contribution in [1.82, 2.24) is 14.9 Å². The number of likely N-dealkylation sites (tertiary alicyclic amines) is 1. The van der Waals surface area contributed by atoms with E-state index in [1.807, 2.05) is 24.3 Å². The van der Waals surface area contributed by atoms with Crippen LogP contribution in [0.15, 0.2) is 58.4 Å². The summed E-state index contributed by atoms with van der Waals surface area (Å²) in [6.07, 6.45) is 1.72. The second kappa shape index (κ2) is 8.98. The minimum absolute atomic E-state index is 0.0872. The molecule has 1 saturated heterocycles. The van der Waals surface area contributed by atoms with Gasteiger partial charge in [0, 0.05) is 36.3 Å². The van der Waals surface area contributed by atoms with Gasteiger partial charge in [0.25, 0.3) is 10.0 Å². The third-order valence-corrected chi connectivity index (χ3v) is 7.27. The van der Waals surface area contributed by atoms with Crippen LogP contribution >= 0.6 is 11.6 Å². The lowest BCUT2D eigenvalue weighted by Crippen LogP contribution is -2.46. The maximum atomic E-state index is 12.7. The van der Waals surface area contributed by atoms with Crippen LogP contribution in [0.5, 0.6) is 0 Å². The van der Waals surface area contributed by atoms with E-state index in [1.165, 1.54) is 11.6 Å². The summed E-state index contributed by atoms with van der Waals surface area (Å²) >= 11 is 5.94. The van der Waals surface area contributed by atoms with Gasteiger partial charge in [0.2, 0.25) is 5.91 Å². The van der Waals surface area contributed by atoms with Gasteiger partial charge in [0.15, 0.2) is 0 Å². The van der Waals surface area contributed by atoms with E-state index in [-0.39, 0.29) is 22.7 Å². The Morgan fingerprint density at radius 2 is 1.87 bits per heavy atom. The van der Waals surface area contributed by atoms with Crippen molar-refractivity contribution in [3.8, 4) is 0 Å². The van der Waals surface area contributed by atoms with Gasteiger partial charge in [-0.3, -0.25) is 19.4 Å². The normalized spacial score (nSPS) is 20.8. The molecule has 9 heteroatoms. The smallest absolute Gasteiger partial charge is 0.263 e. The predicted octanol–water partition coefficient (Wildman–Crippen LogP) is 2.55. The summed E-state index contributed by atoms with van der Waals surface area (Å²) in [5.41, 5.74) is 1.72. The van der Waals surface area contributed by atoms with Gasteiger partial charge < -0.3 is 5.32 Å². The van der Waals surface area contributed by atoms with E-state index >= 15 is 0 Å². The van der Waals surface area contributed by atoms with Crippen molar-refractivity contribution >= 4 is 33.4 Å². The number of amides is 1. The van der Waals surface area contributed by atoms with Gasteiger partial charge in [0.05, 0.1) is 4.90 Å². The molecule has 31 heavy (non-hydrogen) atoms. The van der Waals surface area contributed by atoms with Crippen LogP contribution in [0.1, 0.15) is 30.9 Å². The van der Waals surface area contributed by atoms with Crippen LogP contribution in [0.4, 0.5) is 0 Å². The summed E-state index contributed by atoms with van der Waals surface area (Å²) in [5, 5.41) is 3.79. The van der Waals surface area contributed by atoms with E-state index < -0.39 is 16.1 Å². The number of hydrogen-bond donors (Lipinski definition) is 2. The average molecular weight is 461 g/mol. The highest BCUT2D eigenvalue weighted by atomic mass is 35.5. The Morgan fingerprint density at radius 3 is 2.58 bits per heavy atom. The minimum atomic E-state index is -3.61. The van der Waals surface area contributed by atoms with Crippen LogP contribution in [-0.4, -0.2) is 50.2 Å². The second-order valence-electron chi connectivity index (χ2n) is 7.94. The number of rotatable bonds is 5. The summed E-state index contributed by atoms with van der Waals surface area (Å²) in [6, 6.07) is 13.9. The average Bonchev–Trinajstić information content (AvgIpc) is 3.01. The quantitative estimate of drug-likeness (QED) is 0.717. The van der Waals surface area contributed by atoms with Gasteiger partial charge >= 0.3 is 0 Å². The summed E-state index contributed by atoms with van der Waals surface area (Å²) in [7, 11) is -3.61. The lowest BCUT2D eigenvalue weighted by Gasteiger charge is -2.32. The molecule has 0 aliphatic carbocycles. The van der Waals surface area contributed by atoms with Crippen LogP contribution in [0.25, 0.3) is 0 Å². The summed E-state index contributed by atoms with van der Waals surface area (Å²) < 4.78 is 26.9. The molecule has 2 N–H and O–H groups in total. The molecule has 0 bridgehead atoms. The van der Waals surface area contributed by atoms with Gasteiger partial charge in [-0.25, -0.2) is 8.42 Å². The Morgan fingerprint density at radius 1 is 1.19 bits per heavy atom. The number of aliphatic imine (C=N–C) groups is 1. The number of nitrogens with zero attached hydrogens (tertiary/aromatic N) is 2. The first-order valence-corrected chi connectivity index (χ1v) is 12.1. The van der Waals surface area contributed by atoms with E-state index in [0.29, 0.717) is 5.56 Å². The number of carbonyl (C=O) groups excluding carboxylic acids is 1. The Labute approximate surface area is 187 Å². The molecule has 1 amide bonds. The zero-order valence-electron chi connectivity index (χ0n) is 17.2. The maximum Gasteiger partial charge on any atom is 0.263 e. The molecule has 7 nitrogen and oxygen atoms in total. The fraction of sp³-hybridized carbons (Fsp3) is 0.364. The first-order valence-electron chi connectivity index (χ1n) is 10.3. The third kappa shape index (κ3) is 5.08. The number of halogens is 1. The fourth-order valence-corrected chi connectivity index (χ4v) is 5.25. The minimum Gasteiger partial charge on any atom is -0.351 e. The highest BCUT2D eigenvalue weighted by molar-refractivity contribution is 7.90. The number of nitrogens with one attached hydrogen (secondary N) is 2. The summed E-state index contributed by atoms with van der Waals surface area (Å²) in [5.74, 6) is 0.0169. The van der Waals surface area contributed by atoms with Crippen LogP contribution in [-0.2, 0) is 21.4 Å². The molecule has 0 unspecified atom stereocenters. The van der Waals surface area contributed by atoms with Crippen LogP contribution < -0.4 is 10.0 Å². The molecular formula is C22H25ClN4O3S. The van der Waals surface area contributed by atoms with Crippen molar-refractivity contribution in [2.75, 3.05) is 13.1 Å². The maximum absolute atomic E-state index is 12.7. The van der Waals surface area contributed by atoms with E-state index in [1.54, 1.807) is 25.1 Å². The molecule has 164 valence electrons. The number of hydrogen-bond acceptors (Lipinski definition) is 5. The standard InChI is InChI=1S/C22H25ClN4O3S/c1-15(24-21-19-4-2-3-5-20(19)31(29,30)26-21)22(28)25-18-10-12-27(13-11-18)14-16-6-8-17(23)9-7-16/h2-9,15,18H,10-14H2,1H3,(H,24,26)(H,25,28)/t15-/m0/s1. The van der Waals surface area contributed by atoms with Gasteiger partial charge in [-0.15, -0.1) is 0 Å². The van der Waals surface area contributed by atoms with Crippen molar-refractivity contribution in [2.45, 2.75) is 43.3 Å². The van der Waals surface area contributed by atoms with E-state index in [2.05, 4.69) is 19.9 Å². The molecule has 2 heterocycles. The van der Waals surface area contributed by atoms with Crippen molar-refractivity contribution in [3.63, 3.8) is 0 Å². The van der Waals surface area contributed by atoms with E-state index in [4.69, 9.17) is 11.6 Å². The summed E-state index contributed by atoms with van der Waals surface area (Å²) in [4.78, 5) is 19.6. The highest BCUT2D eigenvalue weighted by Crippen LogP contribution is 2.22. The Balaban J connectivity index is 1.31. The van der Waals surface area contributed by atoms with Crippen molar-refractivity contribution < 1.29 is 13.2 Å². The molecule has 0 spiro atoms. The molecule has 1 fully saturated rings. The van der Waals surface area contributed by atoms with Gasteiger partial charge in [-0.1, -0.05) is 35.9 Å². The zero-order valence-corrected chi connectivity index (χ0v) is 18.8. The number of fused-ring (bicyclic) bond motifs is 1. The number of benzene rings is 2. The molecule has 2 aliphatic heterocycles. The van der Waals surface area contributed by atoms with Crippen molar-refractivity contribution in [3.05, 3.63) is 64.7 Å². The molecule has 2 aromatic carbocycles. The monoisotopic (exact) mass is 460 g/mol. The van der Waals surface area contributed by atoms with Crippen LogP contribution in [0.2, 0.25) is 5.02 Å². The Bertz CT molecular complexity index is 1090. The number of sulfonamides is 1. The SMILES string of the molecule is C[C@H](N=C1NS(=O)(=O)c2ccccc21)C(=O)NC1CCN(Cc2ccc(Cl)cc2)CC1. The largest absolute Gasteiger partial charge is 0.351 e. The molecule has 0 radical (unpaired) electrons. The second-order valence-corrected chi connectivity index (χ2v) is 10.0. The number of carbonyl (C=O) groups is 1. The third-order valence-electron chi connectivity index (χ3n) is 5.62. The van der Waals surface area contributed by atoms with Crippen molar-refractivity contribution in [2.24, 2.45) is 4.99 Å². The molecule has 0 saturated carbocycles. The Hall–Kier alpha value is -2.42. The van der Waals surface area contributed by atoms with Gasteiger partial charge in [0.1, 0.15) is 11.9 Å². The molecule has 2 aliphatic rings. The van der Waals surface area contributed by atoms with Crippen LogP contribution in [0, 0.1) is 0 Å². The van der Waals surface area contributed by atoms with Crippen molar-refractivity contribution in [1.29, 1.82) is 0 Å². The predicted molar refractivity (Wildman–Crippen MR) is 121 cm³/mol. The molecule has 4 rings (SSSR count). The molecular weight excluding hydrogens is 436 g/mol. The van der Waals surface area contributed by atoms with Crippen LogP contribution in [0.3, 0.4) is 0 Å². The topological polar surface area (TPSA) is 90.9 Å². The number of amidine groups is 1. The fourth-order valence-electron chi connectivity index (χ4n) is 3.89. The molecule has 1 atom stereocenters. The number of piperidine rings is 1. The lowest BCUT2D eigenvalue weighted by atomic mass is 10.0. The zero-order chi connectivity index (χ0) is 22.0. The van der Waals surface area contributed by atoms with Gasteiger partial charge in [-0.2, -0.15) is 0 Å². The summed E-state index contributed by atoms with van der Waals surface area (Å²) in [6.45, 7) is 4.32. The first-order chi connectivity index (χ1) is 14.8. The highest BCUT2D eigenvalue weighted by Gasteiger charge is 2.31. The van der Waals surface area contributed by atoms with E-state index in [0.717, 1.165) is 37.5 Å². The lowest BCUT2D eigenvalue weighted by molar-refractivity contribution is -0.122. The van der Waals surface area contributed by atoms with E-state index in [9.17, 15) is 13.2 Å².